The number of nitrogen functional groups attached to an aromatic ring is 1. The molecule has 0 aromatic heterocycles. The Morgan fingerprint density at radius 2 is 2.20 bits per heavy atom. The first kappa shape index (κ1) is 11.9. The maximum atomic E-state index is 11.6. The molecule has 3 nitrogen and oxygen atoms in total. The minimum absolute atomic E-state index is 0.300. The van der Waals surface area contributed by atoms with Crippen LogP contribution in [0, 0.1) is 5.92 Å². The van der Waals surface area contributed by atoms with E-state index in [9.17, 15) is 4.79 Å². The molecule has 15 heavy (non-hydrogen) atoms. The van der Waals surface area contributed by atoms with Crippen LogP contribution in [0.15, 0.2) is 18.2 Å². The van der Waals surface area contributed by atoms with Gasteiger partial charge in [0, 0.05) is 10.7 Å². The van der Waals surface area contributed by atoms with E-state index in [1.165, 1.54) is 6.07 Å². The fourth-order valence-corrected chi connectivity index (χ4v) is 1.20. The van der Waals surface area contributed by atoms with Crippen molar-refractivity contribution in [2.24, 2.45) is 5.92 Å². The monoisotopic (exact) mass is 227 g/mol. The summed E-state index contributed by atoms with van der Waals surface area (Å²) in [6.07, 6.45) is 0. The van der Waals surface area contributed by atoms with Gasteiger partial charge in [0.25, 0.3) is 0 Å². The smallest absolute Gasteiger partial charge is 0.340 e. The molecule has 0 saturated carbocycles. The number of hydrogen-bond donors (Lipinski definition) is 1. The van der Waals surface area contributed by atoms with Crippen molar-refractivity contribution in [3.8, 4) is 0 Å². The summed E-state index contributed by atoms with van der Waals surface area (Å²) in [6, 6.07) is 4.74. The van der Waals surface area contributed by atoms with Crippen molar-refractivity contribution in [1.82, 2.24) is 0 Å². The van der Waals surface area contributed by atoms with E-state index in [0.29, 0.717) is 28.8 Å². The molecule has 2 N–H and O–H groups in total. The van der Waals surface area contributed by atoms with Gasteiger partial charge >= 0.3 is 5.97 Å². The molecule has 1 aromatic rings. The van der Waals surface area contributed by atoms with Gasteiger partial charge in [0.1, 0.15) is 0 Å². The van der Waals surface area contributed by atoms with Gasteiger partial charge in [-0.15, -0.1) is 0 Å². The maximum absolute atomic E-state index is 11.6. The first-order valence-electron chi connectivity index (χ1n) is 4.73. The molecular formula is C11H14ClNO2. The van der Waals surface area contributed by atoms with Crippen molar-refractivity contribution in [2.75, 3.05) is 12.3 Å². The Morgan fingerprint density at radius 3 is 2.80 bits per heavy atom. The van der Waals surface area contributed by atoms with Crippen molar-refractivity contribution in [3.05, 3.63) is 28.8 Å². The summed E-state index contributed by atoms with van der Waals surface area (Å²) in [7, 11) is 0. The van der Waals surface area contributed by atoms with Crippen molar-refractivity contribution >= 4 is 23.3 Å². The average Bonchev–Trinajstić information content (AvgIpc) is 2.18. The lowest BCUT2D eigenvalue weighted by Crippen LogP contribution is -2.12. The summed E-state index contributed by atoms with van der Waals surface area (Å²) >= 11 is 5.76. The van der Waals surface area contributed by atoms with Crippen molar-refractivity contribution in [3.63, 3.8) is 0 Å². The molecule has 0 saturated heterocycles. The van der Waals surface area contributed by atoms with Crippen LogP contribution in [0.25, 0.3) is 0 Å². The normalized spacial score (nSPS) is 10.4. The average molecular weight is 228 g/mol. The van der Waals surface area contributed by atoms with E-state index in [1.54, 1.807) is 12.1 Å². The molecular weight excluding hydrogens is 214 g/mol. The minimum atomic E-state index is -0.427. The zero-order valence-electron chi connectivity index (χ0n) is 8.79. The third kappa shape index (κ3) is 3.44. The molecule has 0 atom stereocenters. The van der Waals surface area contributed by atoms with Crippen LogP contribution in [-0.2, 0) is 4.74 Å². The second kappa shape index (κ2) is 5.03. The molecule has 0 aliphatic heterocycles. The van der Waals surface area contributed by atoms with Gasteiger partial charge in [0.05, 0.1) is 12.2 Å². The molecule has 0 aliphatic carbocycles. The second-order valence-electron chi connectivity index (χ2n) is 3.72. The Balaban J connectivity index is 2.77. The highest BCUT2D eigenvalue weighted by Crippen LogP contribution is 2.18. The van der Waals surface area contributed by atoms with E-state index in [0.717, 1.165) is 0 Å². The predicted octanol–water partition coefficient (Wildman–Crippen LogP) is 2.74. The Hall–Kier alpha value is -1.22. The van der Waals surface area contributed by atoms with Crippen LogP contribution in [0.5, 0.6) is 0 Å². The third-order valence-electron chi connectivity index (χ3n) is 1.78. The highest BCUT2D eigenvalue weighted by Gasteiger charge is 2.12. The van der Waals surface area contributed by atoms with Crippen LogP contribution < -0.4 is 5.73 Å². The number of rotatable bonds is 3. The number of benzene rings is 1. The van der Waals surface area contributed by atoms with Gasteiger partial charge in [-0.1, -0.05) is 25.4 Å². The molecule has 4 heteroatoms. The zero-order valence-corrected chi connectivity index (χ0v) is 9.54. The van der Waals surface area contributed by atoms with Crippen LogP contribution in [0.1, 0.15) is 24.2 Å². The molecule has 82 valence electrons. The van der Waals surface area contributed by atoms with E-state index >= 15 is 0 Å². The van der Waals surface area contributed by atoms with E-state index in [1.807, 2.05) is 13.8 Å². The van der Waals surface area contributed by atoms with Gasteiger partial charge < -0.3 is 10.5 Å². The van der Waals surface area contributed by atoms with E-state index in [-0.39, 0.29) is 0 Å². The predicted molar refractivity (Wildman–Crippen MR) is 61.0 cm³/mol. The van der Waals surface area contributed by atoms with Gasteiger partial charge in [-0.05, 0) is 24.1 Å². The van der Waals surface area contributed by atoms with Crippen LogP contribution >= 0.6 is 11.6 Å². The number of nitrogens with two attached hydrogens (primary N) is 1. The molecule has 1 aromatic carbocycles. The number of ether oxygens (including phenoxy) is 1. The summed E-state index contributed by atoms with van der Waals surface area (Å²) in [5.41, 5.74) is 6.34. The van der Waals surface area contributed by atoms with Crippen LogP contribution in [0.3, 0.4) is 0 Å². The fourth-order valence-electron chi connectivity index (χ4n) is 1.03. The van der Waals surface area contributed by atoms with Crippen LogP contribution in [0.2, 0.25) is 5.02 Å². The maximum Gasteiger partial charge on any atom is 0.340 e. The molecule has 0 aliphatic rings. The molecule has 1 rings (SSSR count). The summed E-state index contributed by atoms with van der Waals surface area (Å²) in [6.45, 7) is 4.31. The Kier molecular flexibility index (Phi) is 3.97. The SMILES string of the molecule is CC(C)COC(=O)c1cc(Cl)ccc1N. The first-order valence-corrected chi connectivity index (χ1v) is 5.10. The standard InChI is InChI=1S/C11H14ClNO2/c1-7(2)6-15-11(14)9-5-8(12)3-4-10(9)13/h3-5,7H,6,13H2,1-2H3. The molecule has 0 heterocycles. The summed E-state index contributed by atoms with van der Waals surface area (Å²) in [5, 5.41) is 0.473. The van der Waals surface area contributed by atoms with Gasteiger partial charge in [0.2, 0.25) is 0 Å². The lowest BCUT2D eigenvalue weighted by atomic mass is 10.2. The quantitative estimate of drug-likeness (QED) is 0.638. The van der Waals surface area contributed by atoms with Gasteiger partial charge in [-0.3, -0.25) is 0 Å². The number of esters is 1. The van der Waals surface area contributed by atoms with Crippen LogP contribution in [0.4, 0.5) is 5.69 Å². The number of hydrogen-bond acceptors (Lipinski definition) is 3. The largest absolute Gasteiger partial charge is 0.462 e. The summed E-state index contributed by atoms with van der Waals surface area (Å²) < 4.78 is 5.05. The minimum Gasteiger partial charge on any atom is -0.462 e. The lowest BCUT2D eigenvalue weighted by Gasteiger charge is -2.08. The van der Waals surface area contributed by atoms with Gasteiger partial charge in [-0.2, -0.15) is 0 Å². The molecule has 0 amide bonds. The van der Waals surface area contributed by atoms with Crippen molar-refractivity contribution in [1.29, 1.82) is 0 Å². The number of carbonyl (C=O) groups excluding carboxylic acids is 1. The molecule has 0 bridgehead atoms. The zero-order chi connectivity index (χ0) is 11.4. The first-order chi connectivity index (χ1) is 7.00. The van der Waals surface area contributed by atoms with Crippen molar-refractivity contribution in [2.45, 2.75) is 13.8 Å². The van der Waals surface area contributed by atoms with E-state index in [4.69, 9.17) is 22.1 Å². The second-order valence-corrected chi connectivity index (χ2v) is 4.16. The molecule has 0 spiro atoms. The Labute approximate surface area is 94.2 Å². The Morgan fingerprint density at radius 1 is 1.53 bits per heavy atom. The fraction of sp³-hybridized carbons (Fsp3) is 0.364. The molecule has 0 unspecified atom stereocenters. The lowest BCUT2D eigenvalue weighted by molar-refractivity contribution is 0.0460. The van der Waals surface area contributed by atoms with E-state index in [2.05, 4.69) is 0 Å². The summed E-state index contributed by atoms with van der Waals surface area (Å²) in [5.74, 6) is -0.127. The van der Waals surface area contributed by atoms with Crippen molar-refractivity contribution < 1.29 is 9.53 Å². The van der Waals surface area contributed by atoms with E-state index < -0.39 is 5.97 Å². The third-order valence-corrected chi connectivity index (χ3v) is 2.02. The topological polar surface area (TPSA) is 52.3 Å². The van der Waals surface area contributed by atoms with Gasteiger partial charge in [0.15, 0.2) is 0 Å². The number of anilines is 1. The highest BCUT2D eigenvalue weighted by atomic mass is 35.5. The molecule has 0 fully saturated rings. The summed E-state index contributed by atoms with van der Waals surface area (Å²) in [4.78, 5) is 11.6. The van der Waals surface area contributed by atoms with Gasteiger partial charge in [-0.25, -0.2) is 4.79 Å². The highest BCUT2D eigenvalue weighted by molar-refractivity contribution is 6.31. The number of carbonyl (C=O) groups is 1. The Bertz CT molecular complexity index is 364. The van der Waals surface area contributed by atoms with Crippen LogP contribution in [-0.4, -0.2) is 12.6 Å². The number of halogens is 1. The molecule has 0 radical (unpaired) electrons.